The molecular formula is C32H35N3O7S. The lowest BCUT2D eigenvalue weighted by Gasteiger charge is -2.46. The number of ether oxygens (including phenoxy) is 1. The summed E-state index contributed by atoms with van der Waals surface area (Å²) in [6.45, 7) is 1.71. The number of carbonyl (C=O) groups is 2. The monoisotopic (exact) mass is 605 g/mol. The zero-order valence-corrected chi connectivity index (χ0v) is 24.8. The quantitative estimate of drug-likeness (QED) is 0.300. The summed E-state index contributed by atoms with van der Waals surface area (Å²) in [5.41, 5.74) is 3.74. The Bertz CT molecular complexity index is 1640. The van der Waals surface area contributed by atoms with Crippen molar-refractivity contribution in [1.82, 2.24) is 10.1 Å². The van der Waals surface area contributed by atoms with E-state index in [-0.39, 0.29) is 18.8 Å². The Labute approximate surface area is 251 Å². The number of benzene rings is 3. The number of nitrogens with one attached hydrogen (secondary N) is 1. The van der Waals surface area contributed by atoms with Crippen LogP contribution in [0, 0.1) is 0 Å². The minimum absolute atomic E-state index is 0.0318. The van der Waals surface area contributed by atoms with Crippen LogP contribution < -0.4 is 9.46 Å². The maximum Gasteiger partial charge on any atom is 0.303 e. The van der Waals surface area contributed by atoms with E-state index in [1.807, 2.05) is 42.5 Å². The third-order valence-electron chi connectivity index (χ3n) is 8.64. The number of likely N-dealkylation sites (tertiary alicyclic amines) is 1. The zero-order valence-electron chi connectivity index (χ0n) is 24.0. The normalized spacial score (nSPS) is 19.7. The van der Waals surface area contributed by atoms with Gasteiger partial charge in [-0.15, -0.1) is 0 Å². The van der Waals surface area contributed by atoms with Gasteiger partial charge in [0.15, 0.2) is 5.78 Å². The van der Waals surface area contributed by atoms with Gasteiger partial charge in [0.2, 0.25) is 10.0 Å². The average molecular weight is 606 g/mol. The molecule has 0 radical (unpaired) electrons. The molecule has 1 aliphatic carbocycles. The van der Waals surface area contributed by atoms with Crippen LogP contribution in [-0.2, 0) is 34.3 Å². The van der Waals surface area contributed by atoms with E-state index in [0.717, 1.165) is 62.6 Å². The number of fused-ring (bicyclic) bond motifs is 2. The molecule has 2 N–H and O–H groups in total. The molecule has 1 atom stereocenters. The molecule has 6 rings (SSSR count). The van der Waals surface area contributed by atoms with Gasteiger partial charge in [-0.05, 0) is 66.3 Å². The third-order valence-corrected chi connectivity index (χ3v) is 9.25. The molecule has 0 aromatic heterocycles. The third kappa shape index (κ3) is 6.59. The smallest absolute Gasteiger partial charge is 0.303 e. The summed E-state index contributed by atoms with van der Waals surface area (Å²) in [6.07, 6.45) is 5.45. The number of amides is 1. The van der Waals surface area contributed by atoms with Crippen LogP contribution in [0.5, 0.6) is 5.75 Å². The standard InChI is InChI=1S/C32H35N3O7S/c1-43(39,40)33-26-10-12-30-28(19-26)29(36)20-32(42-30)13-15-34(16-14-32)27-11-9-23-17-25(8-7-24(23)18-27)31(37)35(38)41-21-22-5-3-2-4-6-22/h2-8,10,12,17,19,27,33,38H,9,11,13-16,18,20-21H2,1H3/t27-/m1/s1. The van der Waals surface area contributed by atoms with Crippen LogP contribution in [0.3, 0.4) is 0 Å². The highest BCUT2D eigenvalue weighted by Crippen LogP contribution is 2.41. The summed E-state index contributed by atoms with van der Waals surface area (Å²) in [5.74, 6) is -0.128. The van der Waals surface area contributed by atoms with Gasteiger partial charge in [0.1, 0.15) is 18.0 Å². The van der Waals surface area contributed by atoms with Gasteiger partial charge in [0.25, 0.3) is 0 Å². The Hall–Kier alpha value is -3.77. The minimum Gasteiger partial charge on any atom is -0.486 e. The molecule has 1 fully saturated rings. The largest absolute Gasteiger partial charge is 0.486 e. The number of hydrogen-bond acceptors (Lipinski definition) is 8. The molecule has 3 aromatic rings. The lowest BCUT2D eigenvalue weighted by molar-refractivity contribution is -0.303. The van der Waals surface area contributed by atoms with Gasteiger partial charge in [-0.2, -0.15) is 0 Å². The molecule has 1 amide bonds. The maximum absolute atomic E-state index is 13.1. The molecule has 11 heteroatoms. The summed E-state index contributed by atoms with van der Waals surface area (Å²) >= 11 is 0. The number of carbonyl (C=O) groups excluding carboxylic acids is 2. The van der Waals surface area contributed by atoms with E-state index < -0.39 is 21.5 Å². The Balaban J connectivity index is 1.04. The van der Waals surface area contributed by atoms with E-state index in [1.165, 1.54) is 5.56 Å². The van der Waals surface area contributed by atoms with Gasteiger partial charge in [0.05, 0.1) is 18.2 Å². The molecule has 2 heterocycles. The Morgan fingerprint density at radius 3 is 2.60 bits per heavy atom. The van der Waals surface area contributed by atoms with Crippen molar-refractivity contribution in [2.45, 2.75) is 56.8 Å². The maximum atomic E-state index is 13.1. The second-order valence-corrected chi connectivity index (χ2v) is 13.5. The molecule has 2 aliphatic heterocycles. The highest BCUT2D eigenvalue weighted by atomic mass is 32.2. The van der Waals surface area contributed by atoms with Crippen molar-refractivity contribution in [1.29, 1.82) is 0 Å². The molecule has 0 unspecified atom stereocenters. The molecule has 226 valence electrons. The van der Waals surface area contributed by atoms with Gasteiger partial charge >= 0.3 is 5.91 Å². The number of anilines is 1. The number of piperidine rings is 1. The highest BCUT2D eigenvalue weighted by molar-refractivity contribution is 7.92. The average Bonchev–Trinajstić information content (AvgIpc) is 2.99. The van der Waals surface area contributed by atoms with Crippen LogP contribution >= 0.6 is 0 Å². The fourth-order valence-corrected chi connectivity index (χ4v) is 6.96. The number of Topliss-reactive ketones (excluding diaryl/α,β-unsaturated/α-hetero) is 1. The topological polar surface area (TPSA) is 125 Å². The van der Waals surface area contributed by atoms with E-state index in [2.05, 4.69) is 9.62 Å². The van der Waals surface area contributed by atoms with Crippen molar-refractivity contribution in [3.8, 4) is 5.75 Å². The first-order valence-electron chi connectivity index (χ1n) is 14.5. The Morgan fingerprint density at radius 1 is 1.09 bits per heavy atom. The molecule has 10 nitrogen and oxygen atoms in total. The first kappa shape index (κ1) is 29.3. The number of nitrogens with zero attached hydrogens (tertiary/aromatic N) is 2. The van der Waals surface area contributed by atoms with Crippen molar-refractivity contribution in [2.24, 2.45) is 0 Å². The molecule has 0 saturated carbocycles. The van der Waals surface area contributed by atoms with Crippen molar-refractivity contribution in [2.75, 3.05) is 24.1 Å². The van der Waals surface area contributed by atoms with Gasteiger partial charge in [-0.1, -0.05) is 41.6 Å². The number of sulfonamides is 1. The van der Waals surface area contributed by atoms with Crippen LogP contribution in [0.15, 0.2) is 66.7 Å². The van der Waals surface area contributed by atoms with Crippen LogP contribution in [0.25, 0.3) is 0 Å². The van der Waals surface area contributed by atoms with Gasteiger partial charge in [0, 0.05) is 43.2 Å². The number of rotatable bonds is 7. The van der Waals surface area contributed by atoms with E-state index in [0.29, 0.717) is 33.8 Å². The van der Waals surface area contributed by atoms with Crippen molar-refractivity contribution in [3.63, 3.8) is 0 Å². The van der Waals surface area contributed by atoms with E-state index in [9.17, 15) is 23.2 Å². The second-order valence-electron chi connectivity index (χ2n) is 11.7. The van der Waals surface area contributed by atoms with Gasteiger partial charge in [-0.25, -0.2) is 13.3 Å². The molecule has 43 heavy (non-hydrogen) atoms. The fourth-order valence-electron chi connectivity index (χ4n) is 6.41. The highest BCUT2D eigenvalue weighted by Gasteiger charge is 2.44. The Morgan fingerprint density at radius 2 is 1.86 bits per heavy atom. The number of ketones is 1. The van der Waals surface area contributed by atoms with Crippen molar-refractivity contribution < 1.29 is 32.8 Å². The molecule has 3 aliphatic rings. The van der Waals surface area contributed by atoms with E-state index in [1.54, 1.807) is 24.3 Å². The lowest BCUT2D eigenvalue weighted by atomic mass is 9.80. The van der Waals surface area contributed by atoms with Crippen LogP contribution in [0.1, 0.15) is 63.1 Å². The van der Waals surface area contributed by atoms with Crippen LogP contribution in [-0.4, -0.2) is 66.4 Å². The molecule has 1 saturated heterocycles. The first-order valence-corrected chi connectivity index (χ1v) is 16.4. The second kappa shape index (κ2) is 11.7. The predicted molar refractivity (Wildman–Crippen MR) is 159 cm³/mol. The van der Waals surface area contributed by atoms with E-state index in [4.69, 9.17) is 9.57 Å². The summed E-state index contributed by atoms with van der Waals surface area (Å²) < 4.78 is 32.0. The summed E-state index contributed by atoms with van der Waals surface area (Å²) in [4.78, 5) is 33.6. The fraction of sp³-hybridized carbons (Fsp3) is 0.375. The zero-order chi connectivity index (χ0) is 30.2. The lowest BCUT2D eigenvalue weighted by Crippen LogP contribution is -2.54. The van der Waals surface area contributed by atoms with Gasteiger partial charge in [-0.3, -0.25) is 24.4 Å². The van der Waals surface area contributed by atoms with Gasteiger partial charge < -0.3 is 4.74 Å². The number of hydroxylamine groups is 2. The molecular weight excluding hydrogens is 570 g/mol. The summed E-state index contributed by atoms with van der Waals surface area (Å²) in [5, 5.41) is 10.5. The number of aryl methyl sites for hydroxylation is 1. The Kier molecular flexibility index (Phi) is 7.99. The van der Waals surface area contributed by atoms with E-state index >= 15 is 0 Å². The number of hydrogen-bond donors (Lipinski definition) is 2. The molecule has 3 aromatic carbocycles. The van der Waals surface area contributed by atoms with Crippen LogP contribution in [0.4, 0.5) is 5.69 Å². The first-order chi connectivity index (χ1) is 20.6. The summed E-state index contributed by atoms with van der Waals surface area (Å²) in [7, 11) is -3.44. The molecule has 1 spiro atoms. The summed E-state index contributed by atoms with van der Waals surface area (Å²) in [6, 6.07) is 20.1. The van der Waals surface area contributed by atoms with Crippen LogP contribution in [0.2, 0.25) is 0 Å². The molecule has 0 bridgehead atoms. The predicted octanol–water partition coefficient (Wildman–Crippen LogP) is 4.38. The minimum atomic E-state index is -3.44. The van der Waals surface area contributed by atoms with Crippen molar-refractivity contribution in [3.05, 3.63) is 94.5 Å². The van der Waals surface area contributed by atoms with Crippen molar-refractivity contribution >= 4 is 27.4 Å². The SMILES string of the molecule is CS(=O)(=O)Nc1ccc2c(c1)C(=O)CC1(CCN([C@@H]3CCc4cc(C(=O)N(O)OCc5ccccc5)ccc4C3)CC1)O2.